The molecule has 156 valence electrons. The van der Waals surface area contributed by atoms with Crippen molar-refractivity contribution < 1.29 is 14.2 Å². The summed E-state index contributed by atoms with van der Waals surface area (Å²) in [4.78, 5) is 4.37. The van der Waals surface area contributed by atoms with Crippen LogP contribution in [-0.2, 0) is 6.54 Å². The van der Waals surface area contributed by atoms with Crippen LogP contribution in [0.2, 0.25) is 0 Å². The first-order chi connectivity index (χ1) is 14.7. The van der Waals surface area contributed by atoms with Gasteiger partial charge >= 0.3 is 0 Å². The summed E-state index contributed by atoms with van der Waals surface area (Å²) in [6.45, 7) is 1.46. The number of nitrogens with one attached hydrogen (secondary N) is 1. The van der Waals surface area contributed by atoms with Crippen molar-refractivity contribution >= 4 is 5.96 Å². The van der Waals surface area contributed by atoms with E-state index in [4.69, 9.17) is 19.9 Å². The van der Waals surface area contributed by atoms with Crippen molar-refractivity contribution in [2.24, 2.45) is 10.7 Å². The van der Waals surface area contributed by atoms with E-state index in [-0.39, 0.29) is 0 Å². The second-order valence-corrected chi connectivity index (χ2v) is 6.53. The first kappa shape index (κ1) is 21.0. The SMILES string of the molecule is COc1ccc(CN=C(N)NCCOc2ccccc2-c2ccccc2)cc1OC. The van der Waals surface area contributed by atoms with Crippen molar-refractivity contribution in [1.82, 2.24) is 5.32 Å². The Morgan fingerprint density at radius 2 is 1.60 bits per heavy atom. The third-order valence-electron chi connectivity index (χ3n) is 4.52. The number of methoxy groups -OCH3 is 2. The second-order valence-electron chi connectivity index (χ2n) is 6.53. The normalized spacial score (nSPS) is 11.1. The van der Waals surface area contributed by atoms with Crippen molar-refractivity contribution in [2.75, 3.05) is 27.4 Å². The first-order valence-electron chi connectivity index (χ1n) is 9.73. The van der Waals surface area contributed by atoms with Crippen LogP contribution in [0, 0.1) is 0 Å². The molecule has 0 aliphatic carbocycles. The number of benzene rings is 3. The maximum Gasteiger partial charge on any atom is 0.189 e. The van der Waals surface area contributed by atoms with Gasteiger partial charge in [-0.15, -0.1) is 0 Å². The summed E-state index contributed by atoms with van der Waals surface area (Å²) in [6, 6.07) is 23.8. The van der Waals surface area contributed by atoms with E-state index < -0.39 is 0 Å². The number of hydrogen-bond donors (Lipinski definition) is 2. The van der Waals surface area contributed by atoms with Crippen molar-refractivity contribution in [2.45, 2.75) is 6.54 Å². The monoisotopic (exact) mass is 405 g/mol. The molecule has 30 heavy (non-hydrogen) atoms. The molecule has 0 saturated carbocycles. The predicted octanol–water partition coefficient (Wildman–Crippen LogP) is 3.85. The van der Waals surface area contributed by atoms with Gasteiger partial charge in [-0.25, -0.2) is 4.99 Å². The van der Waals surface area contributed by atoms with Gasteiger partial charge < -0.3 is 25.3 Å². The number of guanidine groups is 1. The van der Waals surface area contributed by atoms with Crippen LogP contribution >= 0.6 is 0 Å². The Morgan fingerprint density at radius 3 is 2.37 bits per heavy atom. The van der Waals surface area contributed by atoms with Gasteiger partial charge in [0, 0.05) is 5.56 Å². The summed E-state index contributed by atoms with van der Waals surface area (Å²) >= 11 is 0. The third-order valence-corrected chi connectivity index (χ3v) is 4.52. The number of ether oxygens (including phenoxy) is 3. The smallest absolute Gasteiger partial charge is 0.189 e. The van der Waals surface area contributed by atoms with Crippen LogP contribution in [-0.4, -0.2) is 33.3 Å². The molecule has 0 radical (unpaired) electrons. The van der Waals surface area contributed by atoms with Crippen LogP contribution in [0.3, 0.4) is 0 Å². The largest absolute Gasteiger partial charge is 0.493 e. The molecule has 3 aromatic rings. The number of nitrogens with zero attached hydrogens (tertiary/aromatic N) is 1. The molecule has 0 saturated heterocycles. The lowest BCUT2D eigenvalue weighted by Gasteiger charge is -2.12. The van der Waals surface area contributed by atoms with Crippen molar-refractivity contribution in [3.8, 4) is 28.4 Å². The third kappa shape index (κ3) is 5.67. The van der Waals surface area contributed by atoms with Gasteiger partial charge in [0.05, 0.1) is 27.3 Å². The Morgan fingerprint density at radius 1 is 0.867 bits per heavy atom. The van der Waals surface area contributed by atoms with Gasteiger partial charge in [0.1, 0.15) is 12.4 Å². The molecule has 0 heterocycles. The number of para-hydroxylation sites is 1. The average Bonchev–Trinajstić information content (AvgIpc) is 2.81. The fourth-order valence-corrected chi connectivity index (χ4v) is 3.00. The predicted molar refractivity (Wildman–Crippen MR) is 120 cm³/mol. The molecule has 6 heteroatoms. The Bertz CT molecular complexity index is 974. The molecule has 0 unspecified atom stereocenters. The van der Waals surface area contributed by atoms with Gasteiger partial charge in [-0.05, 0) is 29.3 Å². The molecule has 3 aromatic carbocycles. The number of nitrogens with two attached hydrogens (primary N) is 1. The summed E-state index contributed by atoms with van der Waals surface area (Å²) < 4.78 is 16.5. The van der Waals surface area contributed by atoms with Gasteiger partial charge in [0.2, 0.25) is 0 Å². The number of aliphatic imine (C=N–C) groups is 1. The van der Waals surface area contributed by atoms with Crippen LogP contribution in [0.1, 0.15) is 5.56 Å². The highest BCUT2D eigenvalue weighted by molar-refractivity contribution is 5.77. The Hall–Kier alpha value is -3.67. The molecule has 0 aromatic heterocycles. The molecular formula is C24H27N3O3. The fourth-order valence-electron chi connectivity index (χ4n) is 3.00. The molecule has 0 aliphatic heterocycles. The maximum absolute atomic E-state index is 5.98. The molecule has 0 aliphatic rings. The van der Waals surface area contributed by atoms with Crippen molar-refractivity contribution in [3.05, 3.63) is 78.4 Å². The fraction of sp³-hybridized carbons (Fsp3) is 0.208. The lowest BCUT2D eigenvalue weighted by Crippen LogP contribution is -2.34. The van der Waals surface area contributed by atoms with Gasteiger partial charge in [-0.3, -0.25) is 0 Å². The van der Waals surface area contributed by atoms with E-state index >= 15 is 0 Å². The van der Waals surface area contributed by atoms with Gasteiger partial charge in [0.15, 0.2) is 17.5 Å². The van der Waals surface area contributed by atoms with Gasteiger partial charge in [-0.2, -0.15) is 0 Å². The number of rotatable bonds is 9. The van der Waals surface area contributed by atoms with Crippen LogP contribution in [0.4, 0.5) is 0 Å². The summed E-state index contributed by atoms with van der Waals surface area (Å²) in [7, 11) is 3.22. The summed E-state index contributed by atoms with van der Waals surface area (Å²) in [5, 5.41) is 3.08. The molecule has 3 rings (SSSR count). The van der Waals surface area contributed by atoms with Crippen LogP contribution in [0.25, 0.3) is 11.1 Å². The number of hydrogen-bond acceptors (Lipinski definition) is 4. The lowest BCUT2D eigenvalue weighted by molar-refractivity contribution is 0.323. The molecular weight excluding hydrogens is 378 g/mol. The Labute approximate surface area is 177 Å². The zero-order chi connectivity index (χ0) is 21.2. The minimum Gasteiger partial charge on any atom is -0.493 e. The summed E-state index contributed by atoms with van der Waals surface area (Å²) in [6.07, 6.45) is 0. The minimum atomic E-state index is 0.365. The van der Waals surface area contributed by atoms with E-state index in [0.717, 1.165) is 22.4 Å². The molecule has 0 spiro atoms. The topological polar surface area (TPSA) is 78.1 Å². The average molecular weight is 405 g/mol. The molecule has 3 N–H and O–H groups in total. The highest BCUT2D eigenvalue weighted by Gasteiger charge is 2.06. The van der Waals surface area contributed by atoms with Crippen molar-refractivity contribution in [3.63, 3.8) is 0 Å². The van der Waals surface area contributed by atoms with E-state index in [9.17, 15) is 0 Å². The van der Waals surface area contributed by atoms with Crippen LogP contribution in [0.5, 0.6) is 17.2 Å². The van der Waals surface area contributed by atoms with Gasteiger partial charge in [-0.1, -0.05) is 54.6 Å². The zero-order valence-corrected chi connectivity index (χ0v) is 17.3. The molecule has 0 amide bonds. The molecule has 0 atom stereocenters. The van der Waals surface area contributed by atoms with E-state index in [0.29, 0.717) is 37.2 Å². The Kier molecular flexibility index (Phi) is 7.55. The highest BCUT2D eigenvalue weighted by atomic mass is 16.5. The van der Waals surface area contributed by atoms with Gasteiger partial charge in [0.25, 0.3) is 0 Å². The lowest BCUT2D eigenvalue weighted by atomic mass is 10.1. The van der Waals surface area contributed by atoms with Crippen LogP contribution in [0.15, 0.2) is 77.8 Å². The van der Waals surface area contributed by atoms with E-state index in [1.54, 1.807) is 14.2 Å². The van der Waals surface area contributed by atoms with E-state index in [1.807, 2.05) is 54.6 Å². The summed E-state index contributed by atoms with van der Waals surface area (Å²) in [5.41, 5.74) is 9.14. The maximum atomic E-state index is 5.98. The summed E-state index contributed by atoms with van der Waals surface area (Å²) in [5.74, 6) is 2.56. The van der Waals surface area contributed by atoms with E-state index in [1.165, 1.54) is 0 Å². The Balaban J connectivity index is 1.50. The molecule has 6 nitrogen and oxygen atoms in total. The van der Waals surface area contributed by atoms with Crippen molar-refractivity contribution in [1.29, 1.82) is 0 Å². The highest BCUT2D eigenvalue weighted by Crippen LogP contribution is 2.29. The molecule has 0 bridgehead atoms. The molecule has 0 fully saturated rings. The minimum absolute atomic E-state index is 0.365. The second kappa shape index (κ2) is 10.8. The standard InChI is InChI=1S/C24H27N3O3/c1-28-22-13-12-18(16-23(22)29-2)17-27-24(25)26-14-15-30-21-11-7-6-10-20(21)19-8-4-3-5-9-19/h3-13,16H,14-15,17H2,1-2H3,(H3,25,26,27). The zero-order valence-electron chi connectivity index (χ0n) is 17.3. The van der Waals surface area contributed by atoms with Crippen LogP contribution < -0.4 is 25.3 Å². The quantitative estimate of drug-likeness (QED) is 0.321. The first-order valence-corrected chi connectivity index (χ1v) is 9.73. The van der Waals surface area contributed by atoms with E-state index in [2.05, 4.69) is 28.5 Å².